The summed E-state index contributed by atoms with van der Waals surface area (Å²) in [7, 11) is -1.58. The molecule has 0 saturated carbocycles. The first-order valence-corrected chi connectivity index (χ1v) is 10.6. The van der Waals surface area contributed by atoms with Gasteiger partial charge in [-0.2, -0.15) is 0 Å². The minimum Gasteiger partial charge on any atom is -0.417 e. The quantitative estimate of drug-likeness (QED) is 0.421. The molecule has 2 nitrogen and oxygen atoms in total. The summed E-state index contributed by atoms with van der Waals surface area (Å²) in [6.45, 7) is 12.4. The van der Waals surface area contributed by atoms with E-state index in [0.717, 1.165) is 19.4 Å². The smallest absolute Gasteiger partial charge is 0.191 e. The minimum absolute atomic E-state index is 0.301. The molecule has 1 aliphatic heterocycles. The lowest BCUT2D eigenvalue weighted by Crippen LogP contribution is -2.41. The monoisotopic (exact) mass is 292 g/mol. The molecule has 0 aromatic heterocycles. The van der Waals surface area contributed by atoms with Crippen LogP contribution in [0.5, 0.6) is 0 Å². The van der Waals surface area contributed by atoms with Crippen LogP contribution in [0.2, 0.25) is 18.1 Å². The van der Waals surface area contributed by atoms with E-state index in [9.17, 15) is 0 Å². The fraction of sp³-hybridized carbons (Fsp3) is 0.647. The zero-order valence-corrected chi connectivity index (χ0v) is 14.5. The number of benzene rings is 1. The van der Waals surface area contributed by atoms with E-state index >= 15 is 0 Å². The molecule has 0 radical (unpaired) electrons. The van der Waals surface area contributed by atoms with Gasteiger partial charge in [-0.3, -0.25) is 0 Å². The molecule has 1 saturated heterocycles. The highest BCUT2D eigenvalue weighted by molar-refractivity contribution is 6.74. The second-order valence-electron chi connectivity index (χ2n) is 7.26. The van der Waals surface area contributed by atoms with Gasteiger partial charge in [0.25, 0.3) is 0 Å². The highest BCUT2D eigenvalue weighted by Crippen LogP contribution is 2.41. The van der Waals surface area contributed by atoms with Crippen molar-refractivity contribution in [3.05, 3.63) is 35.9 Å². The van der Waals surface area contributed by atoms with Crippen molar-refractivity contribution in [1.82, 2.24) is 0 Å². The van der Waals surface area contributed by atoms with Gasteiger partial charge >= 0.3 is 0 Å². The molecule has 2 rings (SSSR count). The second kappa shape index (κ2) is 6.00. The van der Waals surface area contributed by atoms with Crippen LogP contribution in [0.25, 0.3) is 0 Å². The van der Waals surface area contributed by atoms with Crippen LogP contribution in [0.3, 0.4) is 0 Å². The minimum atomic E-state index is -1.58. The molecule has 1 fully saturated rings. The molecule has 0 N–H and O–H groups in total. The molecule has 3 heteroatoms. The first-order valence-electron chi connectivity index (χ1n) is 7.66. The van der Waals surface area contributed by atoms with E-state index in [-0.39, 0.29) is 0 Å². The highest BCUT2D eigenvalue weighted by Gasteiger charge is 2.40. The lowest BCUT2D eigenvalue weighted by molar-refractivity contribution is 0.269. The van der Waals surface area contributed by atoms with E-state index in [1.807, 2.05) is 6.07 Å². The van der Waals surface area contributed by atoms with Gasteiger partial charge in [-0.25, -0.2) is 0 Å². The third-order valence-electron chi connectivity index (χ3n) is 4.61. The van der Waals surface area contributed by atoms with Crippen LogP contribution in [0, 0.1) is 0 Å². The summed E-state index contributed by atoms with van der Waals surface area (Å²) in [6, 6.07) is 10.5. The van der Waals surface area contributed by atoms with E-state index in [1.54, 1.807) is 0 Å². The highest BCUT2D eigenvalue weighted by atomic mass is 28.4. The van der Waals surface area contributed by atoms with E-state index in [2.05, 4.69) is 58.1 Å². The van der Waals surface area contributed by atoms with Crippen molar-refractivity contribution < 1.29 is 9.16 Å². The van der Waals surface area contributed by atoms with Gasteiger partial charge in [-0.05, 0) is 36.5 Å². The van der Waals surface area contributed by atoms with Crippen molar-refractivity contribution in [3.63, 3.8) is 0 Å². The van der Waals surface area contributed by atoms with Gasteiger partial charge in [-0.1, -0.05) is 51.1 Å². The summed E-state index contributed by atoms with van der Waals surface area (Å²) in [6.07, 6.45) is 2.93. The van der Waals surface area contributed by atoms with Crippen LogP contribution in [-0.2, 0) is 9.16 Å². The molecule has 20 heavy (non-hydrogen) atoms. The Labute approximate surface area is 124 Å². The Balaban J connectivity index is 1.67. The number of hydrogen-bond donors (Lipinski definition) is 0. The molecule has 2 unspecified atom stereocenters. The summed E-state index contributed by atoms with van der Waals surface area (Å²) in [5, 5.41) is 0.301. The summed E-state index contributed by atoms with van der Waals surface area (Å²) >= 11 is 0. The zero-order valence-electron chi connectivity index (χ0n) is 13.5. The van der Waals surface area contributed by atoms with Crippen LogP contribution in [-0.4, -0.2) is 21.0 Å². The van der Waals surface area contributed by atoms with Crippen molar-refractivity contribution in [2.45, 2.75) is 64.0 Å². The number of epoxide rings is 1. The lowest BCUT2D eigenvalue weighted by atomic mass is 10.1. The SMILES string of the molecule is CC(C)(C)[Si](C)(C)OCCCC1OC1c1ccccc1. The molecule has 2 atom stereocenters. The van der Waals surface area contributed by atoms with Crippen molar-refractivity contribution in [1.29, 1.82) is 0 Å². The third kappa shape index (κ3) is 3.93. The maximum absolute atomic E-state index is 6.20. The van der Waals surface area contributed by atoms with E-state index < -0.39 is 8.32 Å². The standard InChI is InChI=1S/C17H28O2Si/c1-17(2,3)20(4,5)18-13-9-12-15-16(19-15)14-10-7-6-8-11-14/h6-8,10-11,15-16H,9,12-13H2,1-5H3. The van der Waals surface area contributed by atoms with Gasteiger partial charge < -0.3 is 9.16 Å². The average Bonchev–Trinajstić information content (AvgIpc) is 3.14. The van der Waals surface area contributed by atoms with Gasteiger partial charge in [0, 0.05) is 6.61 Å². The Hall–Kier alpha value is -0.643. The van der Waals surface area contributed by atoms with Crippen LogP contribution in [0.1, 0.15) is 45.3 Å². The summed E-state index contributed by atoms with van der Waals surface area (Å²) in [5.74, 6) is 0. The van der Waals surface area contributed by atoms with E-state index in [0.29, 0.717) is 17.2 Å². The van der Waals surface area contributed by atoms with Gasteiger partial charge in [0.2, 0.25) is 0 Å². The van der Waals surface area contributed by atoms with Crippen LogP contribution in [0.4, 0.5) is 0 Å². The fourth-order valence-corrected chi connectivity index (χ4v) is 3.21. The summed E-state index contributed by atoms with van der Waals surface area (Å²) in [4.78, 5) is 0. The first-order chi connectivity index (χ1) is 9.31. The second-order valence-corrected chi connectivity index (χ2v) is 12.1. The maximum atomic E-state index is 6.20. The average molecular weight is 292 g/mol. The molecular formula is C17H28O2Si. The van der Waals surface area contributed by atoms with Crippen LogP contribution in [0.15, 0.2) is 30.3 Å². The largest absolute Gasteiger partial charge is 0.417 e. The molecule has 0 aliphatic carbocycles. The number of ether oxygens (including phenoxy) is 1. The molecule has 1 heterocycles. The van der Waals surface area contributed by atoms with Crippen molar-refractivity contribution in [3.8, 4) is 0 Å². The van der Waals surface area contributed by atoms with Crippen molar-refractivity contribution in [2.75, 3.05) is 6.61 Å². The number of hydrogen-bond acceptors (Lipinski definition) is 2. The summed E-state index contributed by atoms with van der Waals surface area (Å²) < 4.78 is 12.0. The predicted molar refractivity (Wildman–Crippen MR) is 86.4 cm³/mol. The van der Waals surface area contributed by atoms with Gasteiger partial charge in [-0.15, -0.1) is 0 Å². The Morgan fingerprint density at radius 3 is 2.40 bits per heavy atom. The molecule has 112 valence electrons. The van der Waals surface area contributed by atoms with Gasteiger partial charge in [0.05, 0.1) is 6.10 Å². The van der Waals surface area contributed by atoms with Crippen molar-refractivity contribution >= 4 is 8.32 Å². The van der Waals surface area contributed by atoms with E-state index in [4.69, 9.17) is 9.16 Å². The fourth-order valence-electron chi connectivity index (χ4n) is 2.13. The zero-order chi connectivity index (χ0) is 14.8. The number of rotatable bonds is 6. The third-order valence-corrected chi connectivity index (χ3v) is 9.15. The van der Waals surface area contributed by atoms with Crippen LogP contribution >= 0.6 is 0 Å². The van der Waals surface area contributed by atoms with E-state index in [1.165, 1.54) is 5.56 Å². The Morgan fingerprint density at radius 2 is 1.80 bits per heavy atom. The Morgan fingerprint density at radius 1 is 1.15 bits per heavy atom. The molecule has 1 aliphatic rings. The Kier molecular flexibility index (Phi) is 4.72. The predicted octanol–water partition coefficient (Wildman–Crippen LogP) is 4.93. The molecule has 0 bridgehead atoms. The topological polar surface area (TPSA) is 21.8 Å². The molecule has 1 aromatic carbocycles. The molecular weight excluding hydrogens is 264 g/mol. The van der Waals surface area contributed by atoms with Gasteiger partial charge in [0.15, 0.2) is 8.32 Å². The Bertz CT molecular complexity index is 422. The maximum Gasteiger partial charge on any atom is 0.191 e. The normalized spacial score (nSPS) is 22.9. The lowest BCUT2D eigenvalue weighted by Gasteiger charge is -2.36. The van der Waals surface area contributed by atoms with Crippen LogP contribution < -0.4 is 0 Å². The molecule has 0 spiro atoms. The molecule has 0 amide bonds. The van der Waals surface area contributed by atoms with Crippen molar-refractivity contribution in [2.24, 2.45) is 0 Å². The summed E-state index contributed by atoms with van der Waals surface area (Å²) in [5.41, 5.74) is 1.31. The van der Waals surface area contributed by atoms with Gasteiger partial charge in [0.1, 0.15) is 6.10 Å². The molecule has 1 aromatic rings. The first kappa shape index (κ1) is 15.7.